The molecule has 4 atom stereocenters. The fourth-order valence-corrected chi connectivity index (χ4v) is 4.16. The molecule has 0 aliphatic carbocycles. The lowest BCUT2D eigenvalue weighted by Gasteiger charge is -2.28. The molecule has 1 fully saturated rings. The van der Waals surface area contributed by atoms with Crippen LogP contribution in [0.3, 0.4) is 0 Å². The lowest BCUT2D eigenvalue weighted by atomic mass is 10.0. The van der Waals surface area contributed by atoms with Gasteiger partial charge in [-0.1, -0.05) is 30.3 Å². The summed E-state index contributed by atoms with van der Waals surface area (Å²) >= 11 is 0. The number of aliphatic carboxylic acids is 1. The van der Waals surface area contributed by atoms with Crippen LogP contribution < -0.4 is 33.6 Å². The molecule has 0 bridgehead atoms. The molecule has 2 rings (SSSR count). The van der Waals surface area contributed by atoms with Gasteiger partial charge in [-0.15, -0.1) is 0 Å². The summed E-state index contributed by atoms with van der Waals surface area (Å²) in [5.41, 5.74) is 22.5. The molecule has 38 heavy (non-hydrogen) atoms. The number of nitrogens with one attached hydrogen (secondary N) is 2. The van der Waals surface area contributed by atoms with Crippen molar-refractivity contribution in [2.24, 2.45) is 27.9 Å². The Labute approximate surface area is 220 Å². The van der Waals surface area contributed by atoms with Crippen molar-refractivity contribution in [1.82, 2.24) is 15.5 Å². The first-order chi connectivity index (χ1) is 18.0. The van der Waals surface area contributed by atoms with E-state index in [2.05, 4.69) is 15.6 Å². The molecule has 1 heterocycles. The first kappa shape index (κ1) is 30.0. The SMILES string of the molecule is NC(=O)CC(NC(=O)C1CCCN1C(=O)C(N)CCCN=C(N)N)C(=O)NC(Cc1ccccc1)C(=O)O. The summed E-state index contributed by atoms with van der Waals surface area (Å²) in [5, 5.41) is 14.4. The molecule has 4 amide bonds. The van der Waals surface area contributed by atoms with E-state index in [0.29, 0.717) is 44.3 Å². The Morgan fingerprint density at radius 1 is 1.05 bits per heavy atom. The highest BCUT2D eigenvalue weighted by molar-refractivity contribution is 5.96. The lowest BCUT2D eigenvalue weighted by molar-refractivity contribution is -0.143. The predicted molar refractivity (Wildman–Crippen MR) is 138 cm³/mol. The number of guanidine groups is 1. The zero-order chi connectivity index (χ0) is 28.2. The molecule has 1 aliphatic heterocycles. The van der Waals surface area contributed by atoms with E-state index in [-0.39, 0.29) is 12.4 Å². The molecule has 4 unspecified atom stereocenters. The van der Waals surface area contributed by atoms with Crippen LogP contribution in [0.4, 0.5) is 0 Å². The number of amides is 4. The summed E-state index contributed by atoms with van der Waals surface area (Å²) in [6.07, 6.45) is 1.06. The summed E-state index contributed by atoms with van der Waals surface area (Å²) in [5.74, 6) is -4.20. The molecule has 0 spiro atoms. The first-order valence-electron chi connectivity index (χ1n) is 12.3. The average molecular weight is 533 g/mol. The van der Waals surface area contributed by atoms with Crippen LogP contribution >= 0.6 is 0 Å². The fourth-order valence-electron chi connectivity index (χ4n) is 4.16. The fraction of sp³-hybridized carbons (Fsp3) is 0.500. The maximum absolute atomic E-state index is 13.1. The molecule has 1 aromatic carbocycles. The van der Waals surface area contributed by atoms with Crippen LogP contribution in [0.15, 0.2) is 35.3 Å². The van der Waals surface area contributed by atoms with E-state index < -0.39 is 60.2 Å². The zero-order valence-corrected chi connectivity index (χ0v) is 21.0. The maximum Gasteiger partial charge on any atom is 0.326 e. The number of benzene rings is 1. The van der Waals surface area contributed by atoms with Gasteiger partial charge in [0.15, 0.2) is 5.96 Å². The Morgan fingerprint density at radius 3 is 2.34 bits per heavy atom. The number of carboxylic acid groups (broad SMARTS) is 1. The van der Waals surface area contributed by atoms with E-state index in [4.69, 9.17) is 22.9 Å². The van der Waals surface area contributed by atoms with E-state index in [1.807, 2.05) is 0 Å². The average Bonchev–Trinajstić information content (AvgIpc) is 3.35. The van der Waals surface area contributed by atoms with Crippen LogP contribution in [0.5, 0.6) is 0 Å². The highest BCUT2D eigenvalue weighted by Crippen LogP contribution is 2.19. The van der Waals surface area contributed by atoms with Crippen molar-refractivity contribution >= 4 is 35.6 Å². The van der Waals surface area contributed by atoms with Crippen LogP contribution in [0.2, 0.25) is 0 Å². The summed E-state index contributed by atoms with van der Waals surface area (Å²) in [6.45, 7) is 0.599. The Bertz CT molecular complexity index is 1030. The topological polar surface area (TPSA) is 249 Å². The molecule has 0 saturated carbocycles. The van der Waals surface area contributed by atoms with Gasteiger partial charge in [-0.3, -0.25) is 24.2 Å². The third-order valence-electron chi connectivity index (χ3n) is 6.06. The van der Waals surface area contributed by atoms with E-state index in [0.717, 1.165) is 0 Å². The third-order valence-corrected chi connectivity index (χ3v) is 6.06. The quantitative estimate of drug-likeness (QED) is 0.0760. The second kappa shape index (κ2) is 14.5. The van der Waals surface area contributed by atoms with Crippen molar-refractivity contribution in [3.8, 4) is 0 Å². The Hall–Kier alpha value is -4.20. The minimum absolute atomic E-state index is 0.00880. The molecule has 208 valence electrons. The summed E-state index contributed by atoms with van der Waals surface area (Å²) in [6, 6.07) is 4.14. The van der Waals surface area contributed by atoms with Gasteiger partial charge >= 0.3 is 5.97 Å². The van der Waals surface area contributed by atoms with Gasteiger partial charge in [-0.2, -0.15) is 0 Å². The van der Waals surface area contributed by atoms with Gasteiger partial charge in [-0.05, 0) is 31.2 Å². The molecule has 14 heteroatoms. The minimum atomic E-state index is -1.43. The Morgan fingerprint density at radius 2 is 1.74 bits per heavy atom. The molecule has 1 aromatic rings. The van der Waals surface area contributed by atoms with Gasteiger partial charge in [0.05, 0.1) is 12.5 Å². The minimum Gasteiger partial charge on any atom is -0.480 e. The zero-order valence-electron chi connectivity index (χ0n) is 21.0. The number of carboxylic acids is 1. The Balaban J connectivity index is 2.05. The predicted octanol–water partition coefficient (Wildman–Crippen LogP) is -2.47. The highest BCUT2D eigenvalue weighted by Gasteiger charge is 2.38. The van der Waals surface area contributed by atoms with E-state index in [9.17, 15) is 29.1 Å². The van der Waals surface area contributed by atoms with Crippen LogP contribution in [0, 0.1) is 0 Å². The molecule has 1 aliphatic rings. The smallest absolute Gasteiger partial charge is 0.326 e. The van der Waals surface area contributed by atoms with Gasteiger partial charge in [0.1, 0.15) is 18.1 Å². The number of nitrogens with zero attached hydrogens (tertiary/aromatic N) is 2. The molecule has 0 aromatic heterocycles. The standard InChI is InChI=1S/C24H36N8O6/c25-15(8-4-10-29-24(27)28)22(36)32-11-5-9-18(32)21(35)30-16(13-19(26)33)20(34)31-17(23(37)38)12-14-6-2-1-3-7-14/h1-3,6-7,15-18H,4-5,8-13,25H2,(H2,26,33)(H,30,35)(H,31,34)(H,37,38)(H4,27,28,29). The number of hydrogen-bond donors (Lipinski definition) is 7. The maximum atomic E-state index is 13.1. The normalized spacial score (nSPS) is 17.1. The number of primary amides is 1. The van der Waals surface area contributed by atoms with Crippen LogP contribution in [0.1, 0.15) is 37.7 Å². The molecule has 14 nitrogen and oxygen atoms in total. The summed E-state index contributed by atoms with van der Waals surface area (Å²) < 4.78 is 0. The van der Waals surface area contributed by atoms with E-state index >= 15 is 0 Å². The molecule has 0 radical (unpaired) electrons. The second-order valence-corrected chi connectivity index (χ2v) is 9.07. The van der Waals surface area contributed by atoms with Gasteiger partial charge in [0, 0.05) is 19.5 Å². The van der Waals surface area contributed by atoms with Gasteiger partial charge in [0.25, 0.3) is 0 Å². The number of likely N-dealkylation sites (tertiary alicyclic amines) is 1. The van der Waals surface area contributed by atoms with Crippen molar-refractivity contribution in [3.63, 3.8) is 0 Å². The summed E-state index contributed by atoms with van der Waals surface area (Å²) in [7, 11) is 0. The molecule has 11 N–H and O–H groups in total. The van der Waals surface area contributed by atoms with Gasteiger partial charge < -0.3 is 43.6 Å². The number of nitrogens with two attached hydrogens (primary N) is 4. The van der Waals surface area contributed by atoms with Crippen LogP contribution in [-0.4, -0.2) is 82.8 Å². The van der Waals surface area contributed by atoms with E-state index in [1.54, 1.807) is 30.3 Å². The van der Waals surface area contributed by atoms with Crippen molar-refractivity contribution in [3.05, 3.63) is 35.9 Å². The number of hydrogen-bond acceptors (Lipinski definition) is 7. The number of rotatable bonds is 14. The first-order valence-corrected chi connectivity index (χ1v) is 12.3. The van der Waals surface area contributed by atoms with E-state index in [1.165, 1.54) is 4.90 Å². The van der Waals surface area contributed by atoms with Gasteiger partial charge in [0.2, 0.25) is 23.6 Å². The highest BCUT2D eigenvalue weighted by atomic mass is 16.4. The van der Waals surface area contributed by atoms with Crippen molar-refractivity contribution in [2.45, 2.75) is 62.7 Å². The largest absolute Gasteiger partial charge is 0.480 e. The van der Waals surface area contributed by atoms with Crippen LogP contribution in [0.25, 0.3) is 0 Å². The number of carbonyl (C=O) groups is 5. The third kappa shape index (κ3) is 9.35. The van der Waals surface area contributed by atoms with Crippen molar-refractivity contribution in [2.75, 3.05) is 13.1 Å². The molecular weight excluding hydrogens is 496 g/mol. The number of carbonyl (C=O) groups excluding carboxylic acids is 4. The lowest BCUT2D eigenvalue weighted by Crippen LogP contribution is -2.57. The van der Waals surface area contributed by atoms with Gasteiger partial charge in [-0.25, -0.2) is 4.79 Å². The van der Waals surface area contributed by atoms with Crippen LogP contribution in [-0.2, 0) is 30.4 Å². The monoisotopic (exact) mass is 532 g/mol. The van der Waals surface area contributed by atoms with Crippen molar-refractivity contribution < 1.29 is 29.1 Å². The summed E-state index contributed by atoms with van der Waals surface area (Å²) in [4.78, 5) is 67.5. The Kier molecular flexibility index (Phi) is 11.5. The molecular formula is C24H36N8O6. The van der Waals surface area contributed by atoms with Crippen molar-refractivity contribution in [1.29, 1.82) is 0 Å². The second-order valence-electron chi connectivity index (χ2n) is 9.07. The molecule has 1 saturated heterocycles. The number of aliphatic imine (C=N–C) groups is 1.